The Bertz CT molecular complexity index is 1220. The zero-order chi connectivity index (χ0) is 27.2. The summed E-state index contributed by atoms with van der Waals surface area (Å²) in [6, 6.07) is 6.79. The number of ether oxygens (including phenoxy) is 3. The van der Waals surface area contributed by atoms with Gasteiger partial charge >= 0.3 is 19.4 Å². The van der Waals surface area contributed by atoms with E-state index in [0.717, 1.165) is 10.8 Å². The first-order valence-corrected chi connectivity index (χ1v) is 12.8. The molecule has 1 unspecified atom stereocenters. The van der Waals surface area contributed by atoms with Gasteiger partial charge in [0.05, 0.1) is 13.2 Å². The molecule has 0 bridgehead atoms. The van der Waals surface area contributed by atoms with E-state index in [-0.39, 0.29) is 24.5 Å². The van der Waals surface area contributed by atoms with Gasteiger partial charge < -0.3 is 23.8 Å². The smallest absolute Gasteiger partial charge is 0.459 e. The number of aliphatic hydroxyl groups excluding tert-OH is 1. The molecule has 3 N–H and O–H groups in total. The van der Waals surface area contributed by atoms with Crippen LogP contribution in [-0.2, 0) is 28.1 Å². The molecule has 204 valence electrons. The average molecular weight is 545 g/mol. The fraction of sp³-hybridized carbons (Fsp3) is 0.500. The number of aliphatic hydroxyl groups is 1. The van der Waals surface area contributed by atoms with Gasteiger partial charge in [-0.2, -0.15) is 5.09 Å². The lowest BCUT2D eigenvalue weighted by molar-refractivity contribution is -0.146. The summed E-state index contributed by atoms with van der Waals surface area (Å²) < 4.78 is 55.5. The number of benzene rings is 1. The maximum Gasteiger partial charge on any atom is 0.459 e. The lowest BCUT2D eigenvalue weighted by Crippen LogP contribution is -2.37. The minimum atomic E-state index is -4.32. The van der Waals surface area contributed by atoms with Crippen molar-refractivity contribution in [3.05, 3.63) is 62.9 Å². The molecule has 1 aliphatic heterocycles. The van der Waals surface area contributed by atoms with Crippen molar-refractivity contribution in [3.8, 4) is 5.75 Å². The van der Waals surface area contributed by atoms with Gasteiger partial charge in [-0.1, -0.05) is 18.2 Å². The monoisotopic (exact) mass is 545 g/mol. The number of H-pyrrole nitrogens is 1. The van der Waals surface area contributed by atoms with E-state index in [4.69, 9.17) is 23.3 Å². The first kappa shape index (κ1) is 28.7. The number of alkyl halides is 1. The van der Waals surface area contributed by atoms with Crippen LogP contribution in [0.1, 0.15) is 18.7 Å². The van der Waals surface area contributed by atoms with Crippen LogP contribution in [0, 0.1) is 6.92 Å². The second-order valence-corrected chi connectivity index (χ2v) is 9.88. The van der Waals surface area contributed by atoms with Crippen LogP contribution >= 0.6 is 7.75 Å². The Morgan fingerprint density at radius 2 is 2.00 bits per heavy atom. The highest BCUT2D eigenvalue weighted by atomic mass is 31.2. The van der Waals surface area contributed by atoms with Crippen LogP contribution in [0.15, 0.2) is 46.1 Å². The van der Waals surface area contributed by atoms with Crippen molar-refractivity contribution in [1.29, 1.82) is 0 Å². The highest BCUT2D eigenvalue weighted by molar-refractivity contribution is 7.52. The molecule has 0 radical (unpaired) electrons. The van der Waals surface area contributed by atoms with Gasteiger partial charge in [0.1, 0.15) is 30.6 Å². The van der Waals surface area contributed by atoms with Crippen LogP contribution in [0.2, 0.25) is 0 Å². The number of aromatic amines is 1. The van der Waals surface area contributed by atoms with Gasteiger partial charge in [0, 0.05) is 18.9 Å². The summed E-state index contributed by atoms with van der Waals surface area (Å²) in [5.74, 6) is -0.617. The molecule has 1 aliphatic rings. The number of carbonyl (C=O) groups excluding carboxylic acids is 1. The number of halogens is 1. The number of para-hydroxylation sites is 1. The Kier molecular flexibility index (Phi) is 9.76. The largest absolute Gasteiger partial charge is 0.462 e. The molecule has 0 spiro atoms. The standard InChI is InChI=1S/C22H29FN3O10P/c1-13-11-26(22(30)24-19(13)28)20-17(23)18(27)16(35-20)12-34-37(31,36-15-7-5-4-6-8-15)25-14(2)21(29)33-10-9-32-3/h4-8,11,14,16-18,20,27H,9-10,12H2,1-3H3,(H,25,31)(H,24,28,30)/t14-,16-,17+,18-,20-,37?/m0/s1. The first-order valence-electron chi connectivity index (χ1n) is 11.3. The molecule has 0 aliphatic carbocycles. The quantitative estimate of drug-likeness (QED) is 0.196. The minimum Gasteiger partial charge on any atom is -0.462 e. The Morgan fingerprint density at radius 3 is 2.68 bits per heavy atom. The third-order valence-electron chi connectivity index (χ3n) is 5.33. The number of hydrogen-bond donors (Lipinski definition) is 3. The Balaban J connectivity index is 1.74. The number of hydrogen-bond acceptors (Lipinski definition) is 10. The van der Waals surface area contributed by atoms with Gasteiger partial charge in [0.25, 0.3) is 5.56 Å². The molecule has 15 heteroatoms. The number of carbonyl (C=O) groups is 1. The van der Waals surface area contributed by atoms with Crippen molar-refractivity contribution >= 4 is 13.7 Å². The van der Waals surface area contributed by atoms with Crippen LogP contribution in [0.4, 0.5) is 4.39 Å². The van der Waals surface area contributed by atoms with Crippen molar-refractivity contribution in [3.63, 3.8) is 0 Å². The Hall–Kier alpha value is -2.87. The van der Waals surface area contributed by atoms with Crippen LogP contribution in [0.5, 0.6) is 5.75 Å². The molecule has 2 aromatic rings. The van der Waals surface area contributed by atoms with Crippen molar-refractivity contribution in [2.45, 2.75) is 44.5 Å². The molecular formula is C22H29FN3O10P. The molecule has 0 amide bonds. The minimum absolute atomic E-state index is 0.0307. The summed E-state index contributed by atoms with van der Waals surface area (Å²) in [6.45, 7) is 2.28. The summed E-state index contributed by atoms with van der Waals surface area (Å²) in [5.41, 5.74) is -1.45. The van der Waals surface area contributed by atoms with Crippen molar-refractivity contribution in [1.82, 2.24) is 14.6 Å². The second-order valence-electron chi connectivity index (χ2n) is 8.19. The number of rotatable bonds is 12. The first-order chi connectivity index (χ1) is 17.5. The fourth-order valence-corrected chi connectivity index (χ4v) is 4.86. The number of nitrogens with zero attached hydrogens (tertiary/aromatic N) is 1. The normalized spacial score (nSPS) is 23.8. The molecule has 0 saturated carbocycles. The van der Waals surface area contributed by atoms with E-state index in [1.165, 1.54) is 33.1 Å². The van der Waals surface area contributed by atoms with Gasteiger partial charge in [-0.05, 0) is 26.0 Å². The fourth-order valence-electron chi connectivity index (χ4n) is 3.36. The average Bonchev–Trinajstić information content (AvgIpc) is 3.14. The van der Waals surface area contributed by atoms with Crippen molar-refractivity contribution < 1.29 is 42.1 Å². The number of aromatic nitrogens is 2. The maximum atomic E-state index is 14.9. The molecule has 1 aromatic carbocycles. The third kappa shape index (κ3) is 7.34. The number of nitrogens with one attached hydrogen (secondary N) is 2. The third-order valence-corrected chi connectivity index (χ3v) is 6.97. The number of esters is 1. The topological polar surface area (TPSA) is 167 Å². The summed E-state index contributed by atoms with van der Waals surface area (Å²) in [7, 11) is -2.88. The molecule has 13 nitrogen and oxygen atoms in total. The summed E-state index contributed by atoms with van der Waals surface area (Å²) >= 11 is 0. The molecular weight excluding hydrogens is 516 g/mol. The summed E-state index contributed by atoms with van der Waals surface area (Å²) in [4.78, 5) is 38.1. The molecule has 2 heterocycles. The SMILES string of the molecule is COCCOC(=O)[C@H](C)NP(=O)(OC[C@@H]1O[C@H](n2cc(C)c(=O)[nH]c2=O)[C@H](F)[C@H]1O)Oc1ccccc1. The van der Waals surface area contributed by atoms with E-state index in [0.29, 0.717) is 0 Å². The molecule has 3 rings (SSSR count). The van der Waals surface area contributed by atoms with Gasteiger partial charge in [0.15, 0.2) is 12.4 Å². The zero-order valence-corrected chi connectivity index (χ0v) is 21.3. The predicted octanol–water partition coefficient (Wildman–Crippen LogP) is 0.813. The van der Waals surface area contributed by atoms with Gasteiger partial charge in [-0.15, -0.1) is 0 Å². The molecule has 1 saturated heterocycles. The maximum absolute atomic E-state index is 14.9. The van der Waals surface area contributed by atoms with E-state index >= 15 is 0 Å². The van der Waals surface area contributed by atoms with E-state index < -0.39 is 62.2 Å². The highest BCUT2D eigenvalue weighted by Crippen LogP contribution is 2.46. The van der Waals surface area contributed by atoms with Crippen LogP contribution in [0.3, 0.4) is 0 Å². The van der Waals surface area contributed by atoms with Crippen LogP contribution in [0.25, 0.3) is 0 Å². The Labute approximate surface area is 211 Å². The van der Waals surface area contributed by atoms with Crippen LogP contribution < -0.4 is 20.9 Å². The lowest BCUT2D eigenvalue weighted by Gasteiger charge is -2.24. The van der Waals surface area contributed by atoms with E-state index in [1.807, 2.05) is 4.98 Å². The van der Waals surface area contributed by atoms with Crippen LogP contribution in [-0.4, -0.2) is 72.0 Å². The van der Waals surface area contributed by atoms with Crippen molar-refractivity contribution in [2.75, 3.05) is 26.9 Å². The van der Waals surface area contributed by atoms with E-state index in [1.54, 1.807) is 18.2 Å². The summed E-state index contributed by atoms with van der Waals surface area (Å²) in [5, 5.41) is 12.8. The van der Waals surface area contributed by atoms with E-state index in [2.05, 4.69) is 5.09 Å². The molecule has 1 fully saturated rings. The predicted molar refractivity (Wildman–Crippen MR) is 127 cm³/mol. The summed E-state index contributed by atoms with van der Waals surface area (Å²) in [6.07, 6.45) is -5.70. The zero-order valence-electron chi connectivity index (χ0n) is 20.4. The second kappa shape index (κ2) is 12.6. The number of methoxy groups -OCH3 is 1. The highest BCUT2D eigenvalue weighted by Gasteiger charge is 2.47. The van der Waals surface area contributed by atoms with Gasteiger partial charge in [0.2, 0.25) is 0 Å². The lowest BCUT2D eigenvalue weighted by atomic mass is 10.1. The van der Waals surface area contributed by atoms with Crippen molar-refractivity contribution in [2.24, 2.45) is 0 Å². The number of aryl methyl sites for hydroxylation is 1. The molecule has 6 atom stereocenters. The Morgan fingerprint density at radius 1 is 1.30 bits per heavy atom. The van der Waals surface area contributed by atoms with E-state index in [9.17, 15) is 28.4 Å². The molecule has 1 aromatic heterocycles. The molecule has 37 heavy (non-hydrogen) atoms. The van der Waals surface area contributed by atoms with Gasteiger partial charge in [-0.25, -0.2) is 13.8 Å². The van der Waals surface area contributed by atoms with Gasteiger partial charge in [-0.3, -0.25) is 23.7 Å².